The number of nitrogens with zero attached hydrogens (tertiary/aromatic N) is 5. The number of aromatic amines is 1. The Bertz CT molecular complexity index is 1150. The van der Waals surface area contributed by atoms with Crippen molar-refractivity contribution in [2.75, 3.05) is 0 Å². The molecule has 7 heteroatoms. The quantitative estimate of drug-likeness (QED) is 0.385. The van der Waals surface area contributed by atoms with Crippen molar-refractivity contribution < 1.29 is 5.11 Å². The molecule has 0 bridgehead atoms. The fourth-order valence-electron chi connectivity index (χ4n) is 4.26. The third kappa shape index (κ3) is 4.48. The monoisotopic (exact) mass is 430 g/mol. The molecule has 32 heavy (non-hydrogen) atoms. The second kappa shape index (κ2) is 10.3. The molecule has 7 nitrogen and oxygen atoms in total. The van der Waals surface area contributed by atoms with Gasteiger partial charge in [0.05, 0.1) is 12.3 Å². The van der Waals surface area contributed by atoms with Gasteiger partial charge in [-0.3, -0.25) is 4.68 Å². The summed E-state index contributed by atoms with van der Waals surface area (Å²) in [6.07, 6.45) is 4.94. The van der Waals surface area contributed by atoms with E-state index >= 15 is 0 Å². The van der Waals surface area contributed by atoms with E-state index in [-0.39, 0.29) is 6.61 Å². The van der Waals surface area contributed by atoms with Crippen molar-refractivity contribution in [2.24, 2.45) is 0 Å². The van der Waals surface area contributed by atoms with Gasteiger partial charge in [-0.05, 0) is 41.2 Å². The number of aryl methyl sites for hydroxylation is 1. The number of aliphatic hydroxyl groups is 1. The lowest BCUT2D eigenvalue weighted by molar-refractivity contribution is 0.274. The molecule has 2 aromatic heterocycles. The zero-order valence-corrected chi connectivity index (χ0v) is 18.8. The minimum absolute atomic E-state index is 0.0488. The van der Waals surface area contributed by atoms with Gasteiger partial charge in [-0.25, -0.2) is 0 Å². The van der Waals surface area contributed by atoms with E-state index in [1.807, 2.05) is 18.2 Å². The summed E-state index contributed by atoms with van der Waals surface area (Å²) in [4.78, 5) is 0. The van der Waals surface area contributed by atoms with Crippen molar-refractivity contribution in [3.63, 3.8) is 0 Å². The molecule has 2 heterocycles. The third-order valence-electron chi connectivity index (χ3n) is 5.79. The minimum Gasteiger partial charge on any atom is -0.390 e. The largest absolute Gasteiger partial charge is 0.390 e. The first-order valence-electron chi connectivity index (χ1n) is 11.4. The predicted molar refractivity (Wildman–Crippen MR) is 125 cm³/mol. The van der Waals surface area contributed by atoms with Crippen LogP contribution in [0, 0.1) is 0 Å². The van der Waals surface area contributed by atoms with Crippen LogP contribution in [0.5, 0.6) is 0 Å². The maximum Gasteiger partial charge on any atom is 0.205 e. The Morgan fingerprint density at radius 3 is 2.38 bits per heavy atom. The number of hydrogen-bond donors (Lipinski definition) is 2. The van der Waals surface area contributed by atoms with Crippen LogP contribution in [0.1, 0.15) is 55.6 Å². The SMILES string of the molecule is CCCCc1c(Cc2ccccc2-c2ccccc2-c2nn[nH]n2)c(CO)nn1CCC. The van der Waals surface area contributed by atoms with Crippen LogP contribution in [-0.2, 0) is 26.0 Å². The molecule has 166 valence electrons. The van der Waals surface area contributed by atoms with Gasteiger partial charge in [0.2, 0.25) is 5.82 Å². The second-order valence-electron chi connectivity index (χ2n) is 7.97. The van der Waals surface area contributed by atoms with Crippen LogP contribution < -0.4 is 0 Å². The summed E-state index contributed by atoms with van der Waals surface area (Å²) in [6.45, 7) is 5.19. The van der Waals surface area contributed by atoms with Gasteiger partial charge in [-0.1, -0.05) is 68.8 Å². The van der Waals surface area contributed by atoms with Gasteiger partial charge >= 0.3 is 0 Å². The van der Waals surface area contributed by atoms with Gasteiger partial charge in [0, 0.05) is 29.8 Å². The standard InChI is InChI=1S/C25H30N6O/c1-3-5-14-24-22(23(17-32)28-31(24)15-4-2)16-18-10-6-7-11-19(18)20-12-8-9-13-21(20)25-26-29-30-27-25/h6-13,32H,3-5,14-17H2,1-2H3,(H,26,27,29,30). The zero-order chi connectivity index (χ0) is 22.3. The Morgan fingerprint density at radius 2 is 1.69 bits per heavy atom. The normalized spacial score (nSPS) is 11.2. The van der Waals surface area contributed by atoms with Crippen molar-refractivity contribution in [3.05, 3.63) is 71.0 Å². The van der Waals surface area contributed by atoms with E-state index in [1.54, 1.807) is 0 Å². The molecule has 0 amide bonds. The molecule has 2 N–H and O–H groups in total. The third-order valence-corrected chi connectivity index (χ3v) is 5.79. The molecule has 4 rings (SSSR count). The number of unbranched alkanes of at least 4 members (excludes halogenated alkanes) is 1. The Balaban J connectivity index is 1.79. The van der Waals surface area contributed by atoms with Crippen molar-refractivity contribution in [3.8, 4) is 22.5 Å². The Morgan fingerprint density at radius 1 is 0.938 bits per heavy atom. The molecular weight excluding hydrogens is 400 g/mol. The summed E-state index contributed by atoms with van der Waals surface area (Å²) >= 11 is 0. The van der Waals surface area contributed by atoms with E-state index in [0.29, 0.717) is 5.82 Å². The summed E-state index contributed by atoms with van der Waals surface area (Å²) in [7, 11) is 0. The van der Waals surface area contributed by atoms with Crippen LogP contribution in [0.4, 0.5) is 0 Å². The van der Waals surface area contributed by atoms with Gasteiger partial charge in [0.1, 0.15) is 0 Å². The highest BCUT2D eigenvalue weighted by Crippen LogP contribution is 2.34. The van der Waals surface area contributed by atoms with Gasteiger partial charge < -0.3 is 5.11 Å². The van der Waals surface area contributed by atoms with E-state index < -0.39 is 0 Å². The van der Waals surface area contributed by atoms with E-state index in [9.17, 15) is 5.11 Å². The van der Waals surface area contributed by atoms with Crippen LogP contribution in [-0.4, -0.2) is 35.5 Å². The number of rotatable bonds is 10. The lowest BCUT2D eigenvalue weighted by atomic mass is 9.91. The maximum atomic E-state index is 10.1. The highest BCUT2D eigenvalue weighted by molar-refractivity contribution is 5.82. The fraction of sp³-hybridized carbons (Fsp3) is 0.360. The van der Waals surface area contributed by atoms with Crippen LogP contribution in [0.15, 0.2) is 48.5 Å². The molecule has 0 fully saturated rings. The molecule has 0 spiro atoms. The first-order valence-corrected chi connectivity index (χ1v) is 11.4. The number of benzene rings is 2. The Labute approximate surface area is 188 Å². The highest BCUT2D eigenvalue weighted by Gasteiger charge is 2.20. The van der Waals surface area contributed by atoms with Gasteiger partial charge in [-0.15, -0.1) is 10.2 Å². The molecule has 0 aliphatic heterocycles. The lowest BCUT2D eigenvalue weighted by Crippen LogP contribution is -2.06. The topological polar surface area (TPSA) is 92.5 Å². The average molecular weight is 431 g/mol. The summed E-state index contributed by atoms with van der Waals surface area (Å²) in [5.41, 5.74) is 7.49. The number of nitrogens with one attached hydrogen (secondary N) is 1. The average Bonchev–Trinajstić information content (AvgIpc) is 3.47. The first kappa shape index (κ1) is 21.9. The fourth-order valence-corrected chi connectivity index (χ4v) is 4.26. The molecule has 0 atom stereocenters. The molecule has 4 aromatic rings. The van der Waals surface area contributed by atoms with E-state index in [0.717, 1.165) is 66.6 Å². The molecule has 0 unspecified atom stereocenters. The summed E-state index contributed by atoms with van der Waals surface area (Å²) in [5, 5.41) is 29.5. The molecular formula is C25H30N6O. The lowest BCUT2D eigenvalue weighted by Gasteiger charge is -2.14. The second-order valence-corrected chi connectivity index (χ2v) is 7.97. The van der Waals surface area contributed by atoms with Crippen LogP contribution in [0.3, 0.4) is 0 Å². The van der Waals surface area contributed by atoms with E-state index in [1.165, 1.54) is 11.3 Å². The maximum absolute atomic E-state index is 10.1. The number of aromatic nitrogens is 6. The van der Waals surface area contributed by atoms with Gasteiger partial charge in [-0.2, -0.15) is 10.3 Å². The number of H-pyrrole nitrogens is 1. The summed E-state index contributed by atoms with van der Waals surface area (Å²) < 4.78 is 2.10. The summed E-state index contributed by atoms with van der Waals surface area (Å²) in [5.74, 6) is 0.575. The minimum atomic E-state index is -0.0488. The Hall–Kier alpha value is -3.32. The Kier molecular flexibility index (Phi) is 7.07. The van der Waals surface area contributed by atoms with Crippen molar-refractivity contribution >= 4 is 0 Å². The van der Waals surface area contributed by atoms with Crippen LogP contribution in [0.25, 0.3) is 22.5 Å². The van der Waals surface area contributed by atoms with Crippen molar-refractivity contribution in [2.45, 2.75) is 59.1 Å². The van der Waals surface area contributed by atoms with Crippen LogP contribution in [0.2, 0.25) is 0 Å². The molecule has 0 saturated heterocycles. The highest BCUT2D eigenvalue weighted by atomic mass is 16.3. The van der Waals surface area contributed by atoms with E-state index in [4.69, 9.17) is 5.10 Å². The predicted octanol–water partition coefficient (Wildman–Crippen LogP) is 4.57. The number of hydrogen-bond acceptors (Lipinski definition) is 5. The molecule has 0 aliphatic carbocycles. The van der Waals surface area contributed by atoms with Gasteiger partial charge in [0.25, 0.3) is 0 Å². The molecule has 0 radical (unpaired) electrons. The number of tetrazole rings is 1. The van der Waals surface area contributed by atoms with Crippen molar-refractivity contribution in [1.29, 1.82) is 0 Å². The van der Waals surface area contributed by atoms with E-state index in [2.05, 4.69) is 69.5 Å². The molecule has 2 aromatic carbocycles. The molecule has 0 saturated carbocycles. The van der Waals surface area contributed by atoms with Crippen molar-refractivity contribution in [1.82, 2.24) is 30.4 Å². The summed E-state index contributed by atoms with van der Waals surface area (Å²) in [6, 6.07) is 16.5. The van der Waals surface area contributed by atoms with Gasteiger partial charge in [0.15, 0.2) is 0 Å². The first-order chi connectivity index (χ1) is 15.8. The van der Waals surface area contributed by atoms with Crippen LogP contribution >= 0.6 is 0 Å². The molecule has 0 aliphatic rings. The number of aliphatic hydroxyl groups excluding tert-OH is 1. The smallest absolute Gasteiger partial charge is 0.205 e. The zero-order valence-electron chi connectivity index (χ0n) is 18.8.